The molecule has 0 saturated heterocycles. The van der Waals surface area contributed by atoms with E-state index in [0.717, 1.165) is 22.3 Å². The normalized spacial score (nSPS) is 17.7. The number of amides is 1. The number of hydrogen-bond acceptors (Lipinski definition) is 8. The summed E-state index contributed by atoms with van der Waals surface area (Å²) in [6, 6.07) is 15.0. The van der Waals surface area contributed by atoms with Crippen LogP contribution in [0.15, 0.2) is 64.2 Å². The molecule has 0 fully saturated rings. The van der Waals surface area contributed by atoms with Gasteiger partial charge in [-0.1, -0.05) is 43.3 Å². The summed E-state index contributed by atoms with van der Waals surface area (Å²) in [6.07, 6.45) is 1.30. The van der Waals surface area contributed by atoms with Crippen molar-refractivity contribution < 1.29 is 22.7 Å². The topological polar surface area (TPSA) is 121 Å². The Bertz CT molecular complexity index is 1370. The zero-order valence-corrected chi connectivity index (χ0v) is 21.0. The number of nitrogens with one attached hydrogen (secondary N) is 1. The van der Waals surface area contributed by atoms with Crippen LogP contribution in [-0.4, -0.2) is 47.1 Å². The van der Waals surface area contributed by atoms with Crippen molar-refractivity contribution in [2.24, 2.45) is 10.1 Å². The molecule has 2 aliphatic heterocycles. The molecule has 2 aromatic carbocycles. The number of hydrogen-bond donors (Lipinski definition) is 1. The van der Waals surface area contributed by atoms with Crippen LogP contribution in [0.25, 0.3) is 6.08 Å². The van der Waals surface area contributed by atoms with Crippen LogP contribution in [0.1, 0.15) is 38.0 Å². The highest BCUT2D eigenvalue weighted by Gasteiger charge is 2.39. The van der Waals surface area contributed by atoms with E-state index in [1.165, 1.54) is 13.0 Å². The third-order valence-electron chi connectivity index (χ3n) is 5.23. The van der Waals surface area contributed by atoms with E-state index in [4.69, 9.17) is 14.9 Å². The van der Waals surface area contributed by atoms with E-state index >= 15 is 0 Å². The number of thioether (sulfide) groups is 1. The maximum absolute atomic E-state index is 12.7. The van der Waals surface area contributed by atoms with E-state index < -0.39 is 15.7 Å². The number of fused-ring (bicyclic) bond motifs is 1. The van der Waals surface area contributed by atoms with Gasteiger partial charge in [0.15, 0.2) is 17.3 Å². The summed E-state index contributed by atoms with van der Waals surface area (Å²) in [6.45, 7) is 5.72. The maximum atomic E-state index is 12.7. The van der Waals surface area contributed by atoms with E-state index in [0.29, 0.717) is 23.7 Å². The van der Waals surface area contributed by atoms with Gasteiger partial charge in [0.25, 0.3) is 5.91 Å². The van der Waals surface area contributed by atoms with Crippen LogP contribution < -0.4 is 9.47 Å². The first-order valence-electron chi connectivity index (χ1n) is 10.9. The smallest absolute Gasteiger partial charge is 0.283 e. The van der Waals surface area contributed by atoms with Crippen molar-refractivity contribution >= 4 is 49.0 Å². The Morgan fingerprint density at radius 2 is 1.89 bits per heavy atom. The molecule has 9 nitrogen and oxygen atoms in total. The summed E-state index contributed by atoms with van der Waals surface area (Å²) in [7, 11) is -3.59. The first kappa shape index (κ1) is 24.7. The van der Waals surface area contributed by atoms with E-state index in [1.807, 2.05) is 44.2 Å². The molecule has 11 heteroatoms. The molecule has 182 valence electrons. The van der Waals surface area contributed by atoms with Crippen molar-refractivity contribution in [1.29, 1.82) is 5.41 Å². The monoisotopic (exact) mass is 512 g/mol. The second-order valence-electron chi connectivity index (χ2n) is 7.60. The predicted molar refractivity (Wildman–Crippen MR) is 138 cm³/mol. The third-order valence-corrected chi connectivity index (χ3v) is 8.32. The van der Waals surface area contributed by atoms with E-state index in [9.17, 15) is 13.2 Å². The van der Waals surface area contributed by atoms with Crippen LogP contribution in [-0.2, 0) is 14.6 Å². The van der Waals surface area contributed by atoms with E-state index in [-0.39, 0.29) is 32.8 Å². The minimum atomic E-state index is -3.59. The molecular weight excluding hydrogens is 488 g/mol. The lowest BCUT2D eigenvalue weighted by Gasteiger charge is -2.20. The summed E-state index contributed by atoms with van der Waals surface area (Å²) in [5.41, 5.74) is 1.60. The molecule has 0 unspecified atom stereocenters. The van der Waals surface area contributed by atoms with Crippen molar-refractivity contribution in [3.8, 4) is 11.5 Å². The highest BCUT2D eigenvalue weighted by atomic mass is 32.3. The zero-order chi connectivity index (χ0) is 25.2. The molecular formula is C24H24N4O5S2. The van der Waals surface area contributed by atoms with E-state index in [2.05, 4.69) is 10.1 Å². The van der Waals surface area contributed by atoms with Crippen molar-refractivity contribution in [1.82, 2.24) is 5.01 Å². The fourth-order valence-corrected chi connectivity index (χ4v) is 5.52. The number of hydrazone groups is 1. The second kappa shape index (κ2) is 10.0. The number of aliphatic imine (C=N–C) groups is 1. The van der Waals surface area contributed by atoms with Crippen molar-refractivity contribution in [2.45, 2.75) is 26.9 Å². The largest absolute Gasteiger partial charge is 0.490 e. The minimum absolute atomic E-state index is 0.0120. The van der Waals surface area contributed by atoms with Gasteiger partial charge >= 0.3 is 0 Å². The molecule has 4 rings (SSSR count). The lowest BCUT2D eigenvalue weighted by Crippen LogP contribution is -2.35. The Hall–Kier alpha value is -3.44. The van der Waals surface area contributed by atoms with Gasteiger partial charge in [0.2, 0.25) is 19.4 Å². The van der Waals surface area contributed by atoms with Gasteiger partial charge in [-0.05, 0) is 54.9 Å². The molecule has 0 saturated carbocycles. The maximum Gasteiger partial charge on any atom is 0.283 e. The number of carbonyl (C=O) groups is 1. The Kier molecular flexibility index (Phi) is 7.08. The fourth-order valence-electron chi connectivity index (χ4n) is 3.35. The molecule has 0 aliphatic carbocycles. The first-order valence-corrected chi connectivity index (χ1v) is 13.4. The molecule has 0 radical (unpaired) electrons. The van der Waals surface area contributed by atoms with Gasteiger partial charge in [-0.2, -0.15) is 10.0 Å². The van der Waals surface area contributed by atoms with Gasteiger partial charge < -0.3 is 9.47 Å². The number of sulfone groups is 1. The van der Waals surface area contributed by atoms with Crippen molar-refractivity contribution in [3.63, 3.8) is 0 Å². The molecule has 35 heavy (non-hydrogen) atoms. The van der Waals surface area contributed by atoms with Crippen LogP contribution in [0.5, 0.6) is 11.5 Å². The van der Waals surface area contributed by atoms with Gasteiger partial charge in [-0.3, -0.25) is 10.2 Å². The van der Waals surface area contributed by atoms with Crippen LogP contribution in [0.4, 0.5) is 0 Å². The Labute approximate surface area is 208 Å². The highest BCUT2D eigenvalue weighted by Crippen LogP contribution is 2.34. The summed E-state index contributed by atoms with van der Waals surface area (Å²) in [5, 5.41) is 13.6. The second-order valence-corrected chi connectivity index (χ2v) is 11.0. The molecule has 2 aliphatic rings. The van der Waals surface area contributed by atoms with Gasteiger partial charge in [0, 0.05) is 0 Å². The number of ether oxygens (including phenoxy) is 2. The lowest BCUT2D eigenvalue weighted by molar-refractivity contribution is -0.114. The fraction of sp³-hybridized carbons (Fsp3) is 0.250. The van der Waals surface area contributed by atoms with Gasteiger partial charge in [-0.15, -0.1) is 5.10 Å². The van der Waals surface area contributed by atoms with Gasteiger partial charge in [0.1, 0.15) is 6.10 Å². The SMILES string of the molecule is CCOc1cc(/C=C2/C(=N)N3N=C(S(=O)(=O)CC)SC3=NC2=O)ccc1O[C@@H](C)c1ccccc1. The van der Waals surface area contributed by atoms with Gasteiger partial charge in [-0.25, -0.2) is 8.42 Å². The number of carbonyl (C=O) groups excluding carboxylic acids is 1. The van der Waals surface area contributed by atoms with Crippen LogP contribution >= 0.6 is 11.8 Å². The highest BCUT2D eigenvalue weighted by molar-refractivity contribution is 8.42. The standard InChI is InChI=1S/C24H24N4O5S2/c1-4-32-20-14-16(11-12-19(20)33-15(3)17-9-7-6-8-10-17)13-18-21(25)28-23(26-22(18)29)34-24(27-28)35(30,31)5-2/h6-15,25H,4-5H2,1-3H3/b18-13-,25-21?/t15-/m0/s1. The molecule has 1 atom stereocenters. The van der Waals surface area contributed by atoms with Crippen molar-refractivity contribution in [3.05, 3.63) is 65.2 Å². The Morgan fingerprint density at radius 3 is 2.57 bits per heavy atom. The lowest BCUT2D eigenvalue weighted by atomic mass is 10.1. The Balaban J connectivity index is 1.62. The first-order chi connectivity index (χ1) is 16.7. The van der Waals surface area contributed by atoms with Crippen LogP contribution in [0.3, 0.4) is 0 Å². The summed E-state index contributed by atoms with van der Waals surface area (Å²) < 4.78 is 36.1. The van der Waals surface area contributed by atoms with Crippen LogP contribution in [0, 0.1) is 5.41 Å². The number of rotatable bonds is 7. The summed E-state index contributed by atoms with van der Waals surface area (Å²) in [5.74, 6) is 0.0155. The molecule has 0 spiro atoms. The van der Waals surface area contributed by atoms with Crippen LogP contribution in [0.2, 0.25) is 0 Å². The summed E-state index contributed by atoms with van der Waals surface area (Å²) in [4.78, 5) is 16.6. The predicted octanol–water partition coefficient (Wildman–Crippen LogP) is 4.24. The average Bonchev–Trinajstić information content (AvgIpc) is 3.29. The molecule has 2 heterocycles. The quantitative estimate of drug-likeness (QED) is 0.551. The Morgan fingerprint density at radius 1 is 1.14 bits per heavy atom. The summed E-state index contributed by atoms with van der Waals surface area (Å²) >= 11 is 0.769. The molecule has 2 aromatic rings. The minimum Gasteiger partial charge on any atom is -0.490 e. The molecule has 1 N–H and O–H groups in total. The number of nitrogens with zero attached hydrogens (tertiary/aromatic N) is 3. The molecule has 0 aromatic heterocycles. The average molecular weight is 513 g/mol. The zero-order valence-electron chi connectivity index (χ0n) is 19.4. The van der Waals surface area contributed by atoms with E-state index in [1.54, 1.807) is 18.2 Å². The number of benzene rings is 2. The third kappa shape index (κ3) is 5.15. The van der Waals surface area contributed by atoms with Gasteiger partial charge in [0.05, 0.1) is 17.9 Å². The molecule has 0 bridgehead atoms. The number of amidine groups is 2. The van der Waals surface area contributed by atoms with Crippen molar-refractivity contribution in [2.75, 3.05) is 12.4 Å². The molecule has 1 amide bonds.